The predicted molar refractivity (Wildman–Crippen MR) is 71.4 cm³/mol. The Bertz CT molecular complexity index is 428. The van der Waals surface area contributed by atoms with Gasteiger partial charge in [0, 0.05) is 12.1 Å². The van der Waals surface area contributed by atoms with E-state index in [0.717, 1.165) is 6.42 Å². The van der Waals surface area contributed by atoms with Gasteiger partial charge in [-0.25, -0.2) is 0 Å². The number of carbonyl (C=O) groups is 2. The van der Waals surface area contributed by atoms with Crippen LogP contribution in [0.5, 0.6) is 5.75 Å². The predicted octanol–water partition coefficient (Wildman–Crippen LogP) is 2.02. The topological polar surface area (TPSA) is 66.8 Å². The molecule has 0 heterocycles. The van der Waals surface area contributed by atoms with Gasteiger partial charge in [-0.15, -0.1) is 0 Å². The van der Waals surface area contributed by atoms with Gasteiger partial charge in [0.25, 0.3) is 5.91 Å². The monoisotopic (exact) mass is 265 g/mol. The highest BCUT2D eigenvalue weighted by Crippen LogP contribution is 2.14. The number of hydrogen-bond donors (Lipinski definition) is 1. The van der Waals surface area contributed by atoms with Crippen LogP contribution in [0.25, 0.3) is 0 Å². The van der Waals surface area contributed by atoms with Gasteiger partial charge in [-0.1, -0.05) is 6.92 Å². The van der Waals surface area contributed by atoms with Crippen molar-refractivity contribution in [3.8, 4) is 5.75 Å². The Morgan fingerprint density at radius 3 is 2.32 bits per heavy atom. The molecule has 0 bridgehead atoms. The second kappa shape index (κ2) is 7.41. The lowest BCUT2D eigenvalue weighted by Gasteiger charge is -2.18. The summed E-state index contributed by atoms with van der Waals surface area (Å²) < 4.78 is 5.42. The van der Waals surface area contributed by atoms with E-state index in [1.807, 2.05) is 6.92 Å². The van der Waals surface area contributed by atoms with Crippen molar-refractivity contribution in [2.75, 3.05) is 19.7 Å². The molecule has 1 amide bonds. The van der Waals surface area contributed by atoms with Gasteiger partial charge < -0.3 is 14.7 Å². The summed E-state index contributed by atoms with van der Waals surface area (Å²) in [7, 11) is 0. The maximum absolute atomic E-state index is 12.1. The van der Waals surface area contributed by atoms with Crippen LogP contribution in [0.15, 0.2) is 24.3 Å². The van der Waals surface area contributed by atoms with Crippen LogP contribution in [-0.4, -0.2) is 41.6 Å². The van der Waals surface area contributed by atoms with E-state index in [1.54, 1.807) is 31.2 Å². The summed E-state index contributed by atoms with van der Waals surface area (Å²) in [6.07, 6.45) is 0.920. The highest BCUT2D eigenvalue weighted by atomic mass is 16.5. The van der Waals surface area contributed by atoms with Gasteiger partial charge in [0.1, 0.15) is 12.3 Å². The SMILES string of the molecule is CCCOc1ccc(C(=O)N(CC)CC(=O)O)cc1. The Morgan fingerprint density at radius 1 is 1.21 bits per heavy atom. The number of carboxylic acid groups (broad SMARTS) is 1. The number of carboxylic acids is 1. The van der Waals surface area contributed by atoms with Crippen molar-refractivity contribution in [1.29, 1.82) is 0 Å². The summed E-state index contributed by atoms with van der Waals surface area (Å²) in [5, 5.41) is 8.74. The van der Waals surface area contributed by atoms with Crippen molar-refractivity contribution in [3.05, 3.63) is 29.8 Å². The number of rotatable bonds is 7. The lowest BCUT2D eigenvalue weighted by atomic mass is 10.2. The minimum absolute atomic E-state index is 0.285. The van der Waals surface area contributed by atoms with E-state index in [1.165, 1.54) is 4.90 Å². The molecule has 1 aromatic carbocycles. The van der Waals surface area contributed by atoms with Crippen LogP contribution >= 0.6 is 0 Å². The summed E-state index contributed by atoms with van der Waals surface area (Å²) in [4.78, 5) is 24.0. The molecule has 0 unspecified atom stereocenters. The molecule has 1 N–H and O–H groups in total. The quantitative estimate of drug-likeness (QED) is 0.819. The number of ether oxygens (including phenoxy) is 1. The van der Waals surface area contributed by atoms with Crippen LogP contribution in [0.3, 0.4) is 0 Å². The van der Waals surface area contributed by atoms with E-state index in [9.17, 15) is 9.59 Å². The highest BCUT2D eigenvalue weighted by Gasteiger charge is 2.16. The molecule has 0 saturated carbocycles. The Hall–Kier alpha value is -2.04. The summed E-state index contributed by atoms with van der Waals surface area (Å²) in [5.74, 6) is -0.593. The third-order valence-corrected chi connectivity index (χ3v) is 2.57. The van der Waals surface area contributed by atoms with Gasteiger partial charge in [-0.3, -0.25) is 9.59 Å². The third kappa shape index (κ3) is 4.62. The van der Waals surface area contributed by atoms with Crippen LogP contribution in [0.1, 0.15) is 30.6 Å². The van der Waals surface area contributed by atoms with E-state index >= 15 is 0 Å². The standard InChI is InChI=1S/C14H19NO4/c1-3-9-19-12-7-5-11(6-8-12)14(18)15(4-2)10-13(16)17/h5-8H,3-4,9-10H2,1-2H3,(H,16,17). The molecule has 1 rings (SSSR count). The molecule has 5 heteroatoms. The number of aliphatic carboxylic acids is 1. The number of amides is 1. The number of carbonyl (C=O) groups excluding carboxylic acids is 1. The van der Waals surface area contributed by atoms with Crippen LogP contribution in [0, 0.1) is 0 Å². The first-order valence-corrected chi connectivity index (χ1v) is 6.32. The highest BCUT2D eigenvalue weighted by molar-refractivity contribution is 5.95. The zero-order valence-electron chi connectivity index (χ0n) is 11.3. The van der Waals surface area contributed by atoms with E-state index in [-0.39, 0.29) is 12.5 Å². The molecule has 0 aliphatic heterocycles. The molecule has 1 aromatic rings. The Labute approximate surface area is 112 Å². The van der Waals surface area contributed by atoms with Gasteiger partial charge in [-0.2, -0.15) is 0 Å². The smallest absolute Gasteiger partial charge is 0.323 e. The average Bonchev–Trinajstić information content (AvgIpc) is 2.42. The second-order valence-electron chi connectivity index (χ2n) is 4.09. The zero-order valence-corrected chi connectivity index (χ0v) is 11.3. The lowest BCUT2D eigenvalue weighted by Crippen LogP contribution is -2.35. The Kier molecular flexibility index (Phi) is 5.85. The van der Waals surface area contributed by atoms with Crippen molar-refractivity contribution >= 4 is 11.9 Å². The molecule has 0 aliphatic rings. The number of nitrogens with zero attached hydrogens (tertiary/aromatic N) is 1. The Morgan fingerprint density at radius 2 is 1.84 bits per heavy atom. The average molecular weight is 265 g/mol. The maximum Gasteiger partial charge on any atom is 0.323 e. The Balaban J connectivity index is 2.73. The van der Waals surface area contributed by atoms with Crippen molar-refractivity contribution in [2.24, 2.45) is 0 Å². The number of hydrogen-bond acceptors (Lipinski definition) is 3. The molecule has 0 aromatic heterocycles. The van der Waals surface area contributed by atoms with Crippen LogP contribution < -0.4 is 4.74 Å². The first-order valence-electron chi connectivity index (χ1n) is 6.32. The molecule has 0 atom stereocenters. The van der Waals surface area contributed by atoms with E-state index in [0.29, 0.717) is 24.5 Å². The minimum atomic E-state index is -1.02. The molecular weight excluding hydrogens is 246 g/mol. The maximum atomic E-state index is 12.1. The summed E-state index contributed by atoms with van der Waals surface area (Å²) in [6.45, 7) is 4.47. The van der Waals surface area contributed by atoms with E-state index in [2.05, 4.69) is 0 Å². The normalized spacial score (nSPS) is 10.0. The molecular formula is C14H19NO4. The fourth-order valence-electron chi connectivity index (χ4n) is 1.59. The number of benzene rings is 1. The molecule has 0 radical (unpaired) electrons. The van der Waals surface area contributed by atoms with Crippen molar-refractivity contribution in [2.45, 2.75) is 20.3 Å². The molecule has 0 aliphatic carbocycles. The molecule has 104 valence electrons. The minimum Gasteiger partial charge on any atom is -0.494 e. The van der Waals surface area contributed by atoms with E-state index in [4.69, 9.17) is 9.84 Å². The third-order valence-electron chi connectivity index (χ3n) is 2.57. The van der Waals surface area contributed by atoms with Crippen LogP contribution in [0.4, 0.5) is 0 Å². The van der Waals surface area contributed by atoms with Gasteiger partial charge in [0.2, 0.25) is 0 Å². The zero-order chi connectivity index (χ0) is 14.3. The van der Waals surface area contributed by atoms with Crippen LogP contribution in [0.2, 0.25) is 0 Å². The molecule has 5 nitrogen and oxygen atoms in total. The molecule has 0 spiro atoms. The first-order chi connectivity index (χ1) is 9.08. The summed E-state index contributed by atoms with van der Waals surface area (Å²) in [5.41, 5.74) is 0.465. The van der Waals surface area contributed by atoms with E-state index < -0.39 is 5.97 Å². The van der Waals surface area contributed by atoms with Gasteiger partial charge in [0.15, 0.2) is 0 Å². The van der Waals surface area contributed by atoms with Gasteiger partial charge >= 0.3 is 5.97 Å². The fourth-order valence-corrected chi connectivity index (χ4v) is 1.59. The summed E-state index contributed by atoms with van der Waals surface area (Å²) in [6, 6.07) is 6.74. The largest absolute Gasteiger partial charge is 0.494 e. The van der Waals surface area contributed by atoms with Crippen LogP contribution in [-0.2, 0) is 4.79 Å². The van der Waals surface area contributed by atoms with Crippen molar-refractivity contribution in [3.63, 3.8) is 0 Å². The second-order valence-corrected chi connectivity index (χ2v) is 4.09. The first kappa shape index (κ1) is 15.0. The molecule has 19 heavy (non-hydrogen) atoms. The van der Waals surface area contributed by atoms with Crippen molar-refractivity contribution < 1.29 is 19.4 Å². The lowest BCUT2D eigenvalue weighted by molar-refractivity contribution is -0.137. The molecule has 0 fully saturated rings. The van der Waals surface area contributed by atoms with Crippen molar-refractivity contribution in [1.82, 2.24) is 4.90 Å². The van der Waals surface area contributed by atoms with Gasteiger partial charge in [-0.05, 0) is 37.6 Å². The molecule has 0 saturated heterocycles. The summed E-state index contributed by atoms with van der Waals surface area (Å²) >= 11 is 0. The fraction of sp³-hybridized carbons (Fsp3) is 0.429. The number of likely N-dealkylation sites (N-methyl/N-ethyl adjacent to an activating group) is 1. The van der Waals surface area contributed by atoms with Gasteiger partial charge in [0.05, 0.1) is 6.61 Å².